The monoisotopic (exact) mass is 421 g/mol. The van der Waals surface area contributed by atoms with Crippen LogP contribution in [0.15, 0.2) is 48.1 Å². The molecule has 2 aliphatic carbocycles. The molecule has 2 aromatic rings. The van der Waals surface area contributed by atoms with Gasteiger partial charge in [-0.1, -0.05) is 50.3 Å². The zero-order valence-electron chi connectivity index (χ0n) is 18.3. The van der Waals surface area contributed by atoms with Crippen molar-refractivity contribution in [3.63, 3.8) is 0 Å². The minimum absolute atomic E-state index is 0.0391. The Bertz CT molecular complexity index is 1100. The first-order chi connectivity index (χ1) is 14.8. The van der Waals surface area contributed by atoms with Crippen LogP contribution in [0.5, 0.6) is 0 Å². The number of hydrogen-bond acceptors (Lipinski definition) is 4. The molecule has 1 aromatic carbocycles. The Kier molecular flexibility index (Phi) is 4.68. The molecule has 31 heavy (non-hydrogen) atoms. The van der Waals surface area contributed by atoms with Crippen molar-refractivity contribution in [2.45, 2.75) is 51.0 Å². The van der Waals surface area contributed by atoms with E-state index in [1.54, 1.807) is 0 Å². The SMILES string of the molecule is C=C1CC[C@H]2[C@@](C)(Cc3c([nH]c4ccccc34)[C@@]2(C)CO)[C@@H]1C/C=C1/C(=O)OC[C@H]1O. The van der Waals surface area contributed by atoms with Crippen LogP contribution in [0.1, 0.15) is 44.4 Å². The number of benzene rings is 1. The zero-order chi connectivity index (χ0) is 22.0. The largest absolute Gasteiger partial charge is 0.459 e. The lowest BCUT2D eigenvalue weighted by Crippen LogP contribution is -2.55. The summed E-state index contributed by atoms with van der Waals surface area (Å²) in [5, 5.41) is 22.0. The number of esters is 1. The van der Waals surface area contributed by atoms with Crippen LogP contribution in [-0.4, -0.2) is 40.5 Å². The third-order valence-electron chi connectivity index (χ3n) is 8.42. The van der Waals surface area contributed by atoms with Crippen molar-refractivity contribution in [3.8, 4) is 0 Å². The van der Waals surface area contributed by atoms with Crippen LogP contribution < -0.4 is 0 Å². The number of aliphatic hydroxyl groups is 2. The van der Waals surface area contributed by atoms with Gasteiger partial charge in [-0.15, -0.1) is 0 Å². The van der Waals surface area contributed by atoms with Gasteiger partial charge in [-0.25, -0.2) is 4.79 Å². The Labute approximate surface area is 182 Å². The van der Waals surface area contributed by atoms with E-state index in [1.165, 1.54) is 16.5 Å². The van der Waals surface area contributed by atoms with Gasteiger partial charge in [0.15, 0.2) is 0 Å². The lowest BCUT2D eigenvalue weighted by atomic mass is 9.46. The molecule has 3 aliphatic rings. The average Bonchev–Trinajstić information content (AvgIpc) is 3.28. The van der Waals surface area contributed by atoms with E-state index in [9.17, 15) is 15.0 Å². The normalized spacial score (nSPS) is 36.5. The Balaban J connectivity index is 1.61. The van der Waals surface area contributed by atoms with Gasteiger partial charge >= 0.3 is 5.97 Å². The van der Waals surface area contributed by atoms with Gasteiger partial charge in [0.2, 0.25) is 0 Å². The molecule has 1 saturated carbocycles. The Morgan fingerprint density at radius 3 is 2.81 bits per heavy atom. The number of hydrogen-bond donors (Lipinski definition) is 3. The number of aromatic nitrogens is 1. The standard InChI is InChI=1S/C26H31NO4/c1-15-8-11-22-25(2,19(15)10-9-17-21(29)13-31-24(17)30)12-18-16-6-4-5-7-20(16)27-23(18)26(22,3)14-28/h4-7,9,19,21-22,27-29H,1,8,10-14H2,2-3H3/b17-9+/t19-,21-,22+,25+,26+/m1/s1. The molecule has 2 fully saturated rings. The van der Waals surface area contributed by atoms with Gasteiger partial charge in [-0.2, -0.15) is 0 Å². The number of para-hydroxylation sites is 1. The molecule has 1 aromatic heterocycles. The Morgan fingerprint density at radius 1 is 1.32 bits per heavy atom. The second-order valence-corrected chi connectivity index (χ2v) is 10.1. The molecule has 3 N–H and O–H groups in total. The molecular formula is C26H31NO4. The van der Waals surface area contributed by atoms with E-state index in [0.29, 0.717) is 12.0 Å². The summed E-state index contributed by atoms with van der Waals surface area (Å²) in [6.07, 6.45) is 4.46. The number of carbonyl (C=O) groups is 1. The molecule has 1 saturated heterocycles. The quantitative estimate of drug-likeness (QED) is 0.400. The number of nitrogens with one attached hydrogen (secondary N) is 1. The number of aliphatic hydroxyl groups excluding tert-OH is 2. The van der Waals surface area contributed by atoms with E-state index in [0.717, 1.165) is 30.5 Å². The number of ether oxygens (including phenoxy) is 1. The van der Waals surface area contributed by atoms with Gasteiger partial charge < -0.3 is 19.9 Å². The maximum absolute atomic E-state index is 12.0. The molecule has 5 atom stereocenters. The van der Waals surface area contributed by atoms with E-state index in [2.05, 4.69) is 43.6 Å². The first kappa shape index (κ1) is 20.5. The minimum Gasteiger partial charge on any atom is -0.459 e. The number of aromatic amines is 1. The lowest BCUT2D eigenvalue weighted by Gasteiger charge is -2.58. The molecule has 1 aliphatic heterocycles. The predicted molar refractivity (Wildman–Crippen MR) is 120 cm³/mol. The van der Waals surface area contributed by atoms with Crippen LogP contribution in [0.3, 0.4) is 0 Å². The first-order valence-corrected chi connectivity index (χ1v) is 11.2. The third-order valence-corrected chi connectivity index (χ3v) is 8.42. The van der Waals surface area contributed by atoms with Crippen LogP contribution >= 0.6 is 0 Å². The molecule has 5 heteroatoms. The topological polar surface area (TPSA) is 82.5 Å². The molecule has 0 bridgehead atoms. The highest BCUT2D eigenvalue weighted by molar-refractivity contribution is 5.91. The van der Waals surface area contributed by atoms with Crippen molar-refractivity contribution >= 4 is 16.9 Å². The summed E-state index contributed by atoms with van der Waals surface area (Å²) in [4.78, 5) is 15.6. The lowest BCUT2D eigenvalue weighted by molar-refractivity contribution is -0.135. The molecule has 0 radical (unpaired) electrons. The van der Waals surface area contributed by atoms with Gasteiger partial charge in [-0.3, -0.25) is 0 Å². The smallest absolute Gasteiger partial charge is 0.336 e. The van der Waals surface area contributed by atoms with E-state index >= 15 is 0 Å². The number of cyclic esters (lactones) is 1. The number of carbonyl (C=O) groups excluding carboxylic acids is 1. The third kappa shape index (κ3) is 2.86. The molecule has 0 spiro atoms. The fraction of sp³-hybridized carbons (Fsp3) is 0.500. The molecule has 0 unspecified atom stereocenters. The summed E-state index contributed by atoms with van der Waals surface area (Å²) in [6, 6.07) is 8.37. The first-order valence-electron chi connectivity index (χ1n) is 11.2. The summed E-state index contributed by atoms with van der Waals surface area (Å²) in [7, 11) is 0. The summed E-state index contributed by atoms with van der Waals surface area (Å²) >= 11 is 0. The van der Waals surface area contributed by atoms with E-state index in [4.69, 9.17) is 4.74 Å². The minimum atomic E-state index is -0.845. The highest BCUT2D eigenvalue weighted by Crippen LogP contribution is 2.61. The average molecular weight is 422 g/mol. The van der Waals surface area contributed by atoms with Crippen molar-refractivity contribution in [1.82, 2.24) is 4.98 Å². The maximum atomic E-state index is 12.0. The van der Waals surface area contributed by atoms with Gasteiger partial charge in [0.05, 0.1) is 12.2 Å². The molecular weight excluding hydrogens is 390 g/mol. The fourth-order valence-corrected chi connectivity index (χ4v) is 6.81. The van der Waals surface area contributed by atoms with Gasteiger partial charge in [0.1, 0.15) is 12.7 Å². The van der Waals surface area contributed by atoms with Crippen LogP contribution in [-0.2, 0) is 21.4 Å². The predicted octanol–water partition coefficient (Wildman–Crippen LogP) is 3.80. The number of H-pyrrole nitrogens is 1. The van der Waals surface area contributed by atoms with Crippen molar-refractivity contribution in [2.75, 3.05) is 13.2 Å². The summed E-state index contributed by atoms with van der Waals surface area (Å²) in [6.45, 7) is 9.05. The molecule has 5 rings (SSSR count). The van der Waals surface area contributed by atoms with E-state index in [1.807, 2.05) is 12.1 Å². The molecule has 164 valence electrons. The molecule has 2 heterocycles. The van der Waals surface area contributed by atoms with Crippen molar-refractivity contribution < 1.29 is 19.7 Å². The van der Waals surface area contributed by atoms with Gasteiger partial charge in [-0.05, 0) is 54.6 Å². The summed E-state index contributed by atoms with van der Waals surface area (Å²) in [5.41, 5.74) is 4.64. The van der Waals surface area contributed by atoms with Crippen LogP contribution in [0.2, 0.25) is 0 Å². The maximum Gasteiger partial charge on any atom is 0.336 e. The number of rotatable bonds is 3. The molecule has 5 nitrogen and oxygen atoms in total. The van der Waals surface area contributed by atoms with E-state index in [-0.39, 0.29) is 35.9 Å². The molecule has 0 amide bonds. The highest BCUT2D eigenvalue weighted by atomic mass is 16.6. The van der Waals surface area contributed by atoms with Crippen LogP contribution in [0.25, 0.3) is 10.9 Å². The van der Waals surface area contributed by atoms with Gasteiger partial charge in [0.25, 0.3) is 0 Å². The van der Waals surface area contributed by atoms with E-state index < -0.39 is 12.1 Å². The second kappa shape index (κ2) is 7.07. The van der Waals surface area contributed by atoms with Crippen molar-refractivity contribution in [1.29, 1.82) is 0 Å². The number of fused-ring (bicyclic) bond motifs is 4. The number of allylic oxidation sites excluding steroid dienone is 2. The Hall–Kier alpha value is -2.37. The highest BCUT2D eigenvalue weighted by Gasteiger charge is 2.57. The summed E-state index contributed by atoms with van der Waals surface area (Å²) in [5.74, 6) is 0.0188. The van der Waals surface area contributed by atoms with Crippen LogP contribution in [0.4, 0.5) is 0 Å². The second-order valence-electron chi connectivity index (χ2n) is 10.1. The summed E-state index contributed by atoms with van der Waals surface area (Å²) < 4.78 is 4.99. The van der Waals surface area contributed by atoms with Gasteiger partial charge in [0, 0.05) is 22.0 Å². The zero-order valence-corrected chi connectivity index (χ0v) is 18.3. The van der Waals surface area contributed by atoms with Crippen molar-refractivity contribution in [3.05, 3.63) is 59.3 Å². The fourth-order valence-electron chi connectivity index (χ4n) is 6.81. The Morgan fingerprint density at radius 2 is 2.10 bits per heavy atom. The van der Waals surface area contributed by atoms with Crippen molar-refractivity contribution in [2.24, 2.45) is 17.3 Å². The van der Waals surface area contributed by atoms with Crippen LogP contribution in [0, 0.1) is 17.3 Å².